The minimum atomic E-state index is -3.90. The second-order valence-electron chi connectivity index (χ2n) is 6.64. The van der Waals surface area contributed by atoms with E-state index in [0.717, 1.165) is 6.04 Å². The van der Waals surface area contributed by atoms with Crippen molar-refractivity contribution >= 4 is 26.0 Å². The van der Waals surface area contributed by atoms with Gasteiger partial charge in [0.15, 0.2) is 0 Å². The first-order valence-corrected chi connectivity index (χ1v) is 14.9. The van der Waals surface area contributed by atoms with Gasteiger partial charge in [0.2, 0.25) is 0 Å². The van der Waals surface area contributed by atoms with E-state index >= 15 is 0 Å². The van der Waals surface area contributed by atoms with E-state index in [-0.39, 0.29) is 16.7 Å². The second-order valence-corrected chi connectivity index (χ2v) is 21.6. The van der Waals surface area contributed by atoms with Crippen molar-refractivity contribution in [2.45, 2.75) is 57.3 Å². The van der Waals surface area contributed by atoms with E-state index in [2.05, 4.69) is 33.9 Å². The van der Waals surface area contributed by atoms with E-state index in [9.17, 15) is 8.42 Å². The zero-order valence-electron chi connectivity index (χ0n) is 13.8. The maximum atomic E-state index is 11.0. The van der Waals surface area contributed by atoms with Crippen LogP contribution in [-0.4, -0.2) is 54.8 Å². The van der Waals surface area contributed by atoms with Crippen LogP contribution in [0.5, 0.6) is 0 Å². The largest absolute Gasteiger partial charge is 0.360 e. The Morgan fingerprint density at radius 3 is 1.90 bits per heavy atom. The number of hydrogen-bond donors (Lipinski definition) is 1. The molecule has 0 aliphatic rings. The van der Waals surface area contributed by atoms with Gasteiger partial charge in [0.25, 0.3) is 10.1 Å². The molecule has 0 fully saturated rings. The van der Waals surface area contributed by atoms with E-state index in [0.29, 0.717) is 6.42 Å². The van der Waals surface area contributed by atoms with Crippen LogP contribution >= 0.6 is 0 Å². The Hall–Kier alpha value is 0.264. The first kappa shape index (κ1) is 20.3. The third kappa shape index (κ3) is 4.92. The third-order valence-electron chi connectivity index (χ3n) is 4.27. The van der Waals surface area contributed by atoms with Gasteiger partial charge in [0, 0.05) is 22.5 Å². The summed E-state index contributed by atoms with van der Waals surface area (Å²) < 4.78 is 42.1. The highest BCUT2D eigenvalue weighted by molar-refractivity contribution is 7.85. The molecule has 0 amide bonds. The van der Waals surface area contributed by atoms with Crippen LogP contribution in [0.25, 0.3) is 0 Å². The molecule has 0 aromatic carbocycles. The Bertz CT molecular complexity index is 387. The first-order valence-electron chi connectivity index (χ1n) is 6.93. The zero-order valence-corrected chi connectivity index (χ0v) is 16.7. The van der Waals surface area contributed by atoms with E-state index in [1.54, 1.807) is 14.2 Å². The molecule has 0 aliphatic carbocycles. The monoisotopic (exact) mass is 342 g/mol. The van der Waals surface area contributed by atoms with E-state index in [4.69, 9.17) is 14.0 Å². The second kappa shape index (κ2) is 7.50. The lowest BCUT2D eigenvalue weighted by molar-refractivity contribution is -0.0512. The van der Waals surface area contributed by atoms with Gasteiger partial charge in [-0.2, -0.15) is 8.42 Å². The Morgan fingerprint density at radius 1 is 1.20 bits per heavy atom. The van der Waals surface area contributed by atoms with Crippen molar-refractivity contribution in [3.63, 3.8) is 0 Å². The highest BCUT2D eigenvalue weighted by Gasteiger charge is 2.53. The Kier molecular flexibility index (Phi) is 7.60. The van der Waals surface area contributed by atoms with Gasteiger partial charge < -0.3 is 9.47 Å². The van der Waals surface area contributed by atoms with Gasteiger partial charge in [-0.05, 0) is 11.5 Å². The van der Waals surface area contributed by atoms with Crippen LogP contribution in [0.15, 0.2) is 0 Å². The van der Waals surface area contributed by atoms with Crippen molar-refractivity contribution in [2.24, 2.45) is 0 Å². The Labute approximate surface area is 126 Å². The van der Waals surface area contributed by atoms with Crippen LogP contribution in [-0.2, 0) is 19.6 Å². The lowest BCUT2D eigenvalue weighted by Gasteiger charge is -2.49. The molecule has 0 saturated heterocycles. The van der Waals surface area contributed by atoms with Crippen LogP contribution < -0.4 is 0 Å². The summed E-state index contributed by atoms with van der Waals surface area (Å²) in [6.07, 6.45) is 0.469. The lowest BCUT2D eigenvalue weighted by atomic mass is 10.2. The summed E-state index contributed by atoms with van der Waals surface area (Å²) in [5, 5.41) is 0.0588. The molecule has 20 heavy (non-hydrogen) atoms. The molecule has 0 spiro atoms. The smallest absolute Gasteiger partial charge is 0.264 e. The van der Waals surface area contributed by atoms with Crippen LogP contribution in [0.4, 0.5) is 0 Å². The molecule has 0 heterocycles. The van der Waals surface area contributed by atoms with Gasteiger partial charge in [0.05, 0.1) is 5.75 Å². The molecule has 0 aliphatic heterocycles. The molecule has 0 bridgehead atoms. The SMILES string of the molecule is COC(OC)[Si](CCCS(=O)(=O)O)([SiH](C)C)C(C)(C)C. The predicted molar refractivity (Wildman–Crippen MR) is 88.0 cm³/mol. The van der Waals surface area contributed by atoms with Crippen molar-refractivity contribution in [1.29, 1.82) is 0 Å². The highest BCUT2D eigenvalue weighted by Crippen LogP contribution is 2.44. The molecule has 1 atom stereocenters. The standard InChI is InChI=1S/C12H30O5SSi2/c1-12(2,3)20(19(6)7,11(16-4)17-5)10-8-9-18(13,14)15/h11,19H,8-10H2,1-7H3,(H,13,14,15). The van der Waals surface area contributed by atoms with Crippen LogP contribution in [0, 0.1) is 0 Å². The van der Waals surface area contributed by atoms with Crippen molar-refractivity contribution < 1.29 is 22.4 Å². The predicted octanol–water partition coefficient (Wildman–Crippen LogP) is 2.24. The van der Waals surface area contributed by atoms with Crippen molar-refractivity contribution in [3.05, 3.63) is 0 Å². The molecular formula is C12H30O5SSi2. The molecule has 0 rings (SSSR count). The molecule has 1 N–H and O–H groups in total. The highest BCUT2D eigenvalue weighted by atomic mass is 32.2. The average molecular weight is 343 g/mol. The molecule has 0 radical (unpaired) electrons. The fraction of sp³-hybridized carbons (Fsp3) is 1.00. The molecule has 0 aromatic rings. The molecule has 1 unspecified atom stereocenters. The van der Waals surface area contributed by atoms with E-state index in [1.807, 2.05) is 0 Å². The fourth-order valence-electron chi connectivity index (χ4n) is 3.34. The van der Waals surface area contributed by atoms with Crippen LogP contribution in [0.3, 0.4) is 0 Å². The van der Waals surface area contributed by atoms with Gasteiger partial charge >= 0.3 is 0 Å². The van der Waals surface area contributed by atoms with Crippen LogP contribution in [0.2, 0.25) is 24.2 Å². The maximum Gasteiger partial charge on any atom is 0.264 e. The Balaban J connectivity index is 5.42. The molecule has 8 heteroatoms. The van der Waals surface area contributed by atoms with Gasteiger partial charge in [-0.1, -0.05) is 39.9 Å². The fourth-order valence-corrected chi connectivity index (χ4v) is 20.2. The normalized spacial score (nSPS) is 16.7. The van der Waals surface area contributed by atoms with Crippen molar-refractivity contribution in [3.8, 4) is 0 Å². The summed E-state index contributed by atoms with van der Waals surface area (Å²) in [6.45, 7) is 11.2. The van der Waals surface area contributed by atoms with E-state index < -0.39 is 26.0 Å². The molecule has 0 aromatic heterocycles. The number of rotatable bonds is 8. The summed E-state index contributed by atoms with van der Waals surface area (Å²) in [5.74, 6) is -0.408. The molecule has 0 saturated carbocycles. The Morgan fingerprint density at radius 2 is 1.65 bits per heavy atom. The van der Waals surface area contributed by atoms with Gasteiger partial charge in [-0.25, -0.2) is 0 Å². The summed E-state index contributed by atoms with van der Waals surface area (Å²) in [5.41, 5.74) is 0. The minimum absolute atomic E-state index is 0.0588. The third-order valence-corrected chi connectivity index (χ3v) is 22.9. The number of hydrogen-bond acceptors (Lipinski definition) is 4. The quantitative estimate of drug-likeness (QED) is 0.416. The van der Waals surface area contributed by atoms with Crippen molar-refractivity contribution in [2.75, 3.05) is 20.0 Å². The average Bonchev–Trinajstić information content (AvgIpc) is 2.24. The summed E-state index contributed by atoms with van der Waals surface area (Å²) >= 11 is 0. The number of methoxy groups -OCH3 is 2. The molecule has 122 valence electrons. The van der Waals surface area contributed by atoms with Crippen LogP contribution in [0.1, 0.15) is 27.2 Å². The first-order chi connectivity index (χ1) is 8.92. The molecular weight excluding hydrogens is 312 g/mol. The topological polar surface area (TPSA) is 72.8 Å². The lowest BCUT2D eigenvalue weighted by Crippen LogP contribution is -2.65. The summed E-state index contributed by atoms with van der Waals surface area (Å²) in [7, 11) is -3.69. The van der Waals surface area contributed by atoms with Gasteiger partial charge in [0.1, 0.15) is 13.5 Å². The zero-order chi connectivity index (χ0) is 16.2. The minimum Gasteiger partial charge on any atom is -0.360 e. The summed E-state index contributed by atoms with van der Waals surface area (Å²) in [4.78, 5) is 0. The summed E-state index contributed by atoms with van der Waals surface area (Å²) in [6, 6.07) is 0.798. The molecule has 5 nitrogen and oxygen atoms in total. The van der Waals surface area contributed by atoms with E-state index in [1.165, 1.54) is 0 Å². The van der Waals surface area contributed by atoms with Crippen molar-refractivity contribution in [1.82, 2.24) is 0 Å². The maximum absolute atomic E-state index is 11.0. The van der Waals surface area contributed by atoms with Gasteiger partial charge in [-0.15, -0.1) is 0 Å². The number of ether oxygens (including phenoxy) is 2. The van der Waals surface area contributed by atoms with Gasteiger partial charge in [-0.3, -0.25) is 4.55 Å².